The van der Waals surface area contributed by atoms with Crippen molar-refractivity contribution in [2.45, 2.75) is 50.9 Å². The number of imide groups is 1. The van der Waals surface area contributed by atoms with Crippen LogP contribution in [0, 0.1) is 17.7 Å². The van der Waals surface area contributed by atoms with Crippen molar-refractivity contribution in [1.82, 2.24) is 10.2 Å². The van der Waals surface area contributed by atoms with Crippen molar-refractivity contribution in [1.29, 1.82) is 0 Å². The second-order valence-corrected chi connectivity index (χ2v) is 7.67. The number of carbonyl (C=O) groups excluding carboxylic acids is 3. The minimum atomic E-state index is -1.57. The Balaban J connectivity index is 1.92. The van der Waals surface area contributed by atoms with Crippen molar-refractivity contribution in [2.24, 2.45) is 11.8 Å². The molecule has 4 rings (SSSR count). The predicted octanol–water partition coefficient (Wildman–Crippen LogP) is 0.725. The summed E-state index contributed by atoms with van der Waals surface area (Å²) in [6.45, 7) is 5.15. The molecule has 3 heterocycles. The molecule has 1 aromatic rings. The van der Waals surface area contributed by atoms with Gasteiger partial charge < -0.3 is 10.4 Å². The average molecular weight is 375 g/mol. The summed E-state index contributed by atoms with van der Waals surface area (Å²) in [4.78, 5) is 40.6. The molecule has 144 valence electrons. The second kappa shape index (κ2) is 5.84. The van der Waals surface area contributed by atoms with E-state index in [9.17, 15) is 23.9 Å². The Morgan fingerprint density at radius 2 is 1.96 bits per heavy atom. The molecule has 3 aliphatic rings. The van der Waals surface area contributed by atoms with E-state index in [1.165, 1.54) is 30.0 Å². The number of halogens is 1. The lowest BCUT2D eigenvalue weighted by Crippen LogP contribution is -2.55. The number of aliphatic hydroxyl groups is 1. The van der Waals surface area contributed by atoms with Gasteiger partial charge in [-0.2, -0.15) is 0 Å². The molecule has 0 radical (unpaired) electrons. The molecule has 8 heteroatoms. The Morgan fingerprint density at radius 1 is 1.26 bits per heavy atom. The molecule has 2 fully saturated rings. The lowest BCUT2D eigenvalue weighted by molar-refractivity contribution is -0.145. The lowest BCUT2D eigenvalue weighted by atomic mass is 9.76. The van der Waals surface area contributed by atoms with E-state index >= 15 is 0 Å². The number of anilines is 1. The van der Waals surface area contributed by atoms with Crippen LogP contribution in [0.2, 0.25) is 0 Å². The van der Waals surface area contributed by atoms with Gasteiger partial charge in [0.25, 0.3) is 0 Å². The fourth-order valence-corrected chi connectivity index (χ4v) is 4.76. The Labute approximate surface area is 155 Å². The van der Waals surface area contributed by atoms with E-state index in [0.717, 1.165) is 0 Å². The smallest absolute Gasteiger partial charge is 0.250 e. The monoisotopic (exact) mass is 375 g/mol. The maximum atomic E-state index is 14.0. The van der Waals surface area contributed by atoms with Crippen LogP contribution in [-0.4, -0.2) is 45.9 Å². The van der Waals surface area contributed by atoms with Crippen molar-refractivity contribution in [3.8, 4) is 0 Å². The summed E-state index contributed by atoms with van der Waals surface area (Å²) in [5.74, 6) is -3.81. The molecule has 0 unspecified atom stereocenters. The summed E-state index contributed by atoms with van der Waals surface area (Å²) in [7, 11) is 0. The molecule has 0 bridgehead atoms. The highest BCUT2D eigenvalue weighted by atomic mass is 19.1. The molecule has 27 heavy (non-hydrogen) atoms. The van der Waals surface area contributed by atoms with E-state index in [1.807, 2.05) is 6.92 Å². The summed E-state index contributed by atoms with van der Waals surface area (Å²) in [5.41, 5.74) is -0.863. The molecule has 3 N–H and O–H groups in total. The highest BCUT2D eigenvalue weighted by molar-refractivity contribution is 6.15. The highest BCUT2D eigenvalue weighted by Crippen LogP contribution is 2.53. The van der Waals surface area contributed by atoms with Crippen molar-refractivity contribution >= 4 is 23.4 Å². The van der Waals surface area contributed by atoms with Gasteiger partial charge >= 0.3 is 0 Å². The molecule has 1 aromatic carbocycles. The molecule has 7 nitrogen and oxygen atoms in total. The molecule has 6 atom stereocenters. The van der Waals surface area contributed by atoms with Gasteiger partial charge in [0.15, 0.2) is 0 Å². The van der Waals surface area contributed by atoms with Gasteiger partial charge in [0.2, 0.25) is 17.7 Å². The fraction of sp³-hybridized carbons (Fsp3) is 0.526. The fourth-order valence-electron chi connectivity index (χ4n) is 4.76. The van der Waals surface area contributed by atoms with Crippen molar-refractivity contribution in [3.63, 3.8) is 0 Å². The van der Waals surface area contributed by atoms with Crippen LogP contribution in [-0.2, 0) is 19.9 Å². The normalized spacial score (nSPS) is 34.0. The SMILES string of the molecule is CC[C@@H](C)N1C(=O)[C@@H]2[C@H]([C@@H](C)O)N[C@]3(C(=O)Nc4ccc(F)cc43)[C@@H]2C1=O. The summed E-state index contributed by atoms with van der Waals surface area (Å²) in [6, 6.07) is 2.77. The zero-order valence-electron chi connectivity index (χ0n) is 15.3. The summed E-state index contributed by atoms with van der Waals surface area (Å²) >= 11 is 0. The Kier molecular flexibility index (Phi) is 3.91. The topological polar surface area (TPSA) is 98.7 Å². The minimum Gasteiger partial charge on any atom is -0.392 e. The molecule has 1 spiro atoms. The van der Waals surface area contributed by atoms with Gasteiger partial charge in [0.1, 0.15) is 11.4 Å². The van der Waals surface area contributed by atoms with Gasteiger partial charge in [-0.1, -0.05) is 6.92 Å². The number of carbonyl (C=O) groups is 3. The first kappa shape index (κ1) is 18.1. The summed E-state index contributed by atoms with van der Waals surface area (Å²) in [6.07, 6.45) is -0.399. The van der Waals surface area contributed by atoms with E-state index in [2.05, 4.69) is 10.6 Å². The quantitative estimate of drug-likeness (QED) is 0.677. The van der Waals surface area contributed by atoms with Crippen LogP contribution in [0.4, 0.5) is 10.1 Å². The van der Waals surface area contributed by atoms with E-state index in [1.54, 1.807) is 6.92 Å². The minimum absolute atomic E-state index is 0.304. The van der Waals surface area contributed by atoms with Gasteiger partial charge in [-0.15, -0.1) is 0 Å². The first-order valence-electron chi connectivity index (χ1n) is 9.18. The maximum absolute atomic E-state index is 14.0. The number of likely N-dealkylation sites (tertiary alicyclic amines) is 1. The van der Waals surface area contributed by atoms with Crippen LogP contribution in [0.5, 0.6) is 0 Å². The van der Waals surface area contributed by atoms with Crippen molar-refractivity contribution in [3.05, 3.63) is 29.6 Å². The van der Waals surface area contributed by atoms with Crippen molar-refractivity contribution < 1.29 is 23.9 Å². The number of hydrogen-bond acceptors (Lipinski definition) is 5. The molecule has 0 aliphatic carbocycles. The van der Waals surface area contributed by atoms with E-state index in [4.69, 9.17) is 0 Å². The Bertz CT molecular complexity index is 857. The molecule has 0 saturated carbocycles. The van der Waals surface area contributed by atoms with Gasteiger partial charge in [-0.3, -0.25) is 24.6 Å². The zero-order chi connectivity index (χ0) is 19.7. The van der Waals surface area contributed by atoms with E-state index < -0.39 is 53.1 Å². The standard InChI is InChI=1S/C19H22FN3O4/c1-4-8(2)23-16(25)13-14(17(23)26)19(22-15(13)9(3)24)11-7-10(20)5-6-12(11)21-18(19)27/h5-9,13-15,22,24H,4H2,1-3H3,(H,21,27)/t8-,9-,13+,14+,15+,19+/m1/s1. The largest absolute Gasteiger partial charge is 0.392 e. The third kappa shape index (κ3) is 2.17. The van der Waals surface area contributed by atoms with Crippen LogP contribution in [0.3, 0.4) is 0 Å². The summed E-state index contributed by atoms with van der Waals surface area (Å²) < 4.78 is 14.0. The molecule has 3 amide bonds. The number of fused-ring (bicyclic) bond motifs is 4. The summed E-state index contributed by atoms with van der Waals surface area (Å²) in [5, 5.41) is 16.0. The number of aliphatic hydroxyl groups excluding tert-OH is 1. The first-order chi connectivity index (χ1) is 12.7. The van der Waals surface area contributed by atoms with Gasteiger partial charge in [-0.05, 0) is 38.5 Å². The average Bonchev–Trinajstić information content (AvgIpc) is 3.20. The number of rotatable bonds is 3. The lowest BCUT2D eigenvalue weighted by Gasteiger charge is -2.31. The van der Waals surface area contributed by atoms with Crippen LogP contribution >= 0.6 is 0 Å². The number of amides is 3. The Hall–Kier alpha value is -2.32. The number of nitrogens with one attached hydrogen (secondary N) is 2. The second-order valence-electron chi connectivity index (χ2n) is 7.67. The first-order valence-corrected chi connectivity index (χ1v) is 9.18. The third-order valence-corrected chi connectivity index (χ3v) is 6.20. The van der Waals surface area contributed by atoms with E-state index in [0.29, 0.717) is 17.7 Å². The Morgan fingerprint density at radius 3 is 2.59 bits per heavy atom. The zero-order valence-corrected chi connectivity index (χ0v) is 15.3. The van der Waals surface area contributed by atoms with Crippen LogP contribution in [0.15, 0.2) is 18.2 Å². The molecule has 0 aromatic heterocycles. The molecule has 2 saturated heterocycles. The molecule has 3 aliphatic heterocycles. The molecular formula is C19H22FN3O4. The predicted molar refractivity (Wildman–Crippen MR) is 93.9 cm³/mol. The number of benzene rings is 1. The van der Waals surface area contributed by atoms with Crippen LogP contribution < -0.4 is 10.6 Å². The van der Waals surface area contributed by atoms with Gasteiger partial charge in [0.05, 0.1) is 17.9 Å². The highest BCUT2D eigenvalue weighted by Gasteiger charge is 2.71. The molecular weight excluding hydrogens is 353 g/mol. The number of hydrogen-bond donors (Lipinski definition) is 3. The third-order valence-electron chi connectivity index (χ3n) is 6.20. The van der Waals surface area contributed by atoms with Crippen LogP contribution in [0.25, 0.3) is 0 Å². The maximum Gasteiger partial charge on any atom is 0.250 e. The van der Waals surface area contributed by atoms with Crippen molar-refractivity contribution in [2.75, 3.05) is 5.32 Å². The van der Waals surface area contributed by atoms with Crippen LogP contribution in [0.1, 0.15) is 32.8 Å². The van der Waals surface area contributed by atoms with Gasteiger partial charge in [0, 0.05) is 23.3 Å². The van der Waals surface area contributed by atoms with E-state index in [-0.39, 0.29) is 6.04 Å². The number of nitrogens with zero attached hydrogens (tertiary/aromatic N) is 1. The van der Waals surface area contributed by atoms with Gasteiger partial charge in [-0.25, -0.2) is 4.39 Å².